The number of nitrogens with zero attached hydrogens (tertiary/aromatic N) is 1. The van der Waals surface area contributed by atoms with Gasteiger partial charge in [0.15, 0.2) is 5.82 Å². The Morgan fingerprint density at radius 2 is 2.06 bits per heavy atom. The molecule has 0 amide bonds. The van der Waals surface area contributed by atoms with Gasteiger partial charge in [0.05, 0.1) is 0 Å². The summed E-state index contributed by atoms with van der Waals surface area (Å²) < 4.78 is 0. The van der Waals surface area contributed by atoms with Crippen LogP contribution in [0.2, 0.25) is 0 Å². The van der Waals surface area contributed by atoms with Crippen LogP contribution in [0.4, 0.5) is 11.6 Å². The molecule has 0 radical (unpaired) electrons. The van der Waals surface area contributed by atoms with Gasteiger partial charge in [0.1, 0.15) is 11.6 Å². The fourth-order valence-corrected chi connectivity index (χ4v) is 1.95. The monoisotopic (exact) mass is 244 g/mol. The first-order valence-electron chi connectivity index (χ1n) is 6.27. The molecule has 0 saturated heterocycles. The summed E-state index contributed by atoms with van der Waals surface area (Å²) in [5, 5.41) is 3.33. The van der Waals surface area contributed by atoms with Crippen molar-refractivity contribution in [3.05, 3.63) is 41.7 Å². The standard InChI is InChI=1S/C14H20N4/c1-10(8-9-12-6-4-3-5-7-12)16-14-13(15)17-11(2)18-14/h3-7,10,16H,8-9,15H2,1-2H3,(H,17,18). The summed E-state index contributed by atoms with van der Waals surface area (Å²) in [5.41, 5.74) is 7.18. The first-order chi connectivity index (χ1) is 8.65. The van der Waals surface area contributed by atoms with Crippen LogP contribution in [0.15, 0.2) is 30.3 Å². The maximum absolute atomic E-state index is 5.82. The molecule has 18 heavy (non-hydrogen) atoms. The molecule has 0 fully saturated rings. The lowest BCUT2D eigenvalue weighted by Gasteiger charge is -2.13. The summed E-state index contributed by atoms with van der Waals surface area (Å²) in [5.74, 6) is 2.21. The molecule has 0 bridgehead atoms. The Labute approximate surface area is 108 Å². The quantitative estimate of drug-likeness (QED) is 0.757. The molecule has 1 aromatic carbocycles. The molecule has 4 N–H and O–H groups in total. The van der Waals surface area contributed by atoms with Crippen LogP contribution < -0.4 is 11.1 Å². The zero-order chi connectivity index (χ0) is 13.0. The number of nitrogens with two attached hydrogens (primary N) is 1. The molecule has 1 unspecified atom stereocenters. The van der Waals surface area contributed by atoms with Crippen molar-refractivity contribution in [1.29, 1.82) is 0 Å². The van der Waals surface area contributed by atoms with Crippen molar-refractivity contribution in [1.82, 2.24) is 9.97 Å². The highest BCUT2D eigenvalue weighted by Gasteiger charge is 2.08. The van der Waals surface area contributed by atoms with E-state index in [-0.39, 0.29) is 0 Å². The molecular weight excluding hydrogens is 224 g/mol. The Kier molecular flexibility index (Phi) is 3.87. The molecule has 4 heteroatoms. The van der Waals surface area contributed by atoms with Crippen LogP contribution in [0.3, 0.4) is 0 Å². The smallest absolute Gasteiger partial charge is 0.168 e. The molecule has 96 valence electrons. The fourth-order valence-electron chi connectivity index (χ4n) is 1.95. The molecule has 1 heterocycles. The van der Waals surface area contributed by atoms with Crippen molar-refractivity contribution in [2.24, 2.45) is 0 Å². The van der Waals surface area contributed by atoms with Crippen molar-refractivity contribution in [2.45, 2.75) is 32.7 Å². The van der Waals surface area contributed by atoms with E-state index in [1.54, 1.807) is 0 Å². The average Bonchev–Trinajstić information content (AvgIpc) is 2.67. The SMILES string of the molecule is Cc1nc(NC(C)CCc2ccccc2)c(N)[nH]1. The minimum atomic E-state index is 0.343. The second-order valence-electron chi connectivity index (χ2n) is 4.65. The third-order valence-corrected chi connectivity index (χ3v) is 2.94. The second-order valence-corrected chi connectivity index (χ2v) is 4.65. The lowest BCUT2D eigenvalue weighted by Crippen LogP contribution is -2.17. The van der Waals surface area contributed by atoms with Gasteiger partial charge in [0.2, 0.25) is 0 Å². The van der Waals surface area contributed by atoms with Crippen LogP contribution in [-0.4, -0.2) is 16.0 Å². The summed E-state index contributed by atoms with van der Waals surface area (Å²) in [6, 6.07) is 10.8. The van der Waals surface area contributed by atoms with Crippen molar-refractivity contribution in [3.8, 4) is 0 Å². The van der Waals surface area contributed by atoms with Crippen molar-refractivity contribution < 1.29 is 0 Å². The Balaban J connectivity index is 1.86. The molecule has 0 saturated carbocycles. The highest BCUT2D eigenvalue weighted by molar-refractivity contribution is 5.57. The maximum atomic E-state index is 5.82. The van der Waals surface area contributed by atoms with E-state index < -0.39 is 0 Å². The molecule has 1 aromatic heterocycles. The molecular formula is C14H20N4. The van der Waals surface area contributed by atoms with Crippen molar-refractivity contribution in [3.63, 3.8) is 0 Å². The number of anilines is 2. The summed E-state index contributed by atoms with van der Waals surface area (Å²) in [7, 11) is 0. The van der Waals surface area contributed by atoms with E-state index in [1.807, 2.05) is 13.0 Å². The van der Waals surface area contributed by atoms with Gasteiger partial charge in [0.25, 0.3) is 0 Å². The van der Waals surface area contributed by atoms with Crippen molar-refractivity contribution >= 4 is 11.6 Å². The number of H-pyrrole nitrogens is 1. The Morgan fingerprint density at radius 3 is 2.67 bits per heavy atom. The molecule has 4 nitrogen and oxygen atoms in total. The lowest BCUT2D eigenvalue weighted by atomic mass is 10.1. The molecule has 2 aromatic rings. The van der Waals surface area contributed by atoms with Gasteiger partial charge in [-0.1, -0.05) is 30.3 Å². The highest BCUT2D eigenvalue weighted by atomic mass is 15.1. The largest absolute Gasteiger partial charge is 0.382 e. The molecule has 1 atom stereocenters. The van der Waals surface area contributed by atoms with E-state index in [0.29, 0.717) is 11.9 Å². The van der Waals surface area contributed by atoms with Gasteiger partial charge < -0.3 is 16.0 Å². The molecule has 0 aliphatic carbocycles. The predicted octanol–water partition coefficient (Wildman–Crippen LogP) is 2.73. The number of hydrogen-bond acceptors (Lipinski definition) is 3. The topological polar surface area (TPSA) is 66.7 Å². The minimum absolute atomic E-state index is 0.343. The normalized spacial score (nSPS) is 12.3. The van der Waals surface area contributed by atoms with Gasteiger partial charge in [-0.2, -0.15) is 0 Å². The number of rotatable bonds is 5. The van der Waals surface area contributed by atoms with Crippen LogP contribution in [0.25, 0.3) is 0 Å². The lowest BCUT2D eigenvalue weighted by molar-refractivity contribution is 0.704. The van der Waals surface area contributed by atoms with E-state index in [2.05, 4.69) is 46.5 Å². The van der Waals surface area contributed by atoms with E-state index >= 15 is 0 Å². The maximum Gasteiger partial charge on any atom is 0.168 e. The number of aromatic nitrogens is 2. The predicted molar refractivity (Wildman–Crippen MR) is 75.6 cm³/mol. The van der Waals surface area contributed by atoms with Crippen LogP contribution in [0, 0.1) is 6.92 Å². The van der Waals surface area contributed by atoms with Gasteiger partial charge in [0, 0.05) is 6.04 Å². The number of nitrogen functional groups attached to an aromatic ring is 1. The third kappa shape index (κ3) is 3.26. The van der Waals surface area contributed by atoms with E-state index in [4.69, 9.17) is 5.73 Å². The molecule has 0 spiro atoms. The Morgan fingerprint density at radius 1 is 1.33 bits per heavy atom. The molecule has 2 rings (SSSR count). The van der Waals surface area contributed by atoms with Crippen LogP contribution >= 0.6 is 0 Å². The van der Waals surface area contributed by atoms with Crippen LogP contribution in [0.5, 0.6) is 0 Å². The number of hydrogen-bond donors (Lipinski definition) is 3. The number of nitrogens with one attached hydrogen (secondary N) is 2. The zero-order valence-corrected chi connectivity index (χ0v) is 10.9. The third-order valence-electron chi connectivity index (χ3n) is 2.94. The molecule has 0 aliphatic rings. The van der Waals surface area contributed by atoms with Gasteiger partial charge in [-0.05, 0) is 32.3 Å². The van der Waals surface area contributed by atoms with Crippen LogP contribution in [-0.2, 0) is 6.42 Å². The summed E-state index contributed by atoms with van der Waals surface area (Å²) in [6.45, 7) is 4.04. The summed E-state index contributed by atoms with van der Waals surface area (Å²) in [6.07, 6.45) is 2.10. The first-order valence-corrected chi connectivity index (χ1v) is 6.27. The number of imidazole rings is 1. The Bertz CT molecular complexity index is 490. The summed E-state index contributed by atoms with van der Waals surface area (Å²) in [4.78, 5) is 7.30. The Hall–Kier alpha value is -1.97. The highest BCUT2D eigenvalue weighted by Crippen LogP contribution is 2.16. The number of aromatic amines is 1. The van der Waals surface area contributed by atoms with E-state index in [9.17, 15) is 0 Å². The van der Waals surface area contributed by atoms with Gasteiger partial charge in [-0.15, -0.1) is 0 Å². The van der Waals surface area contributed by atoms with Crippen LogP contribution in [0.1, 0.15) is 24.7 Å². The van der Waals surface area contributed by atoms with Crippen molar-refractivity contribution in [2.75, 3.05) is 11.1 Å². The average molecular weight is 244 g/mol. The van der Waals surface area contributed by atoms with E-state index in [0.717, 1.165) is 24.5 Å². The number of aryl methyl sites for hydroxylation is 2. The molecule has 0 aliphatic heterocycles. The number of benzene rings is 1. The zero-order valence-electron chi connectivity index (χ0n) is 10.9. The fraction of sp³-hybridized carbons (Fsp3) is 0.357. The van der Waals surface area contributed by atoms with Gasteiger partial charge in [-0.25, -0.2) is 4.98 Å². The van der Waals surface area contributed by atoms with Gasteiger partial charge in [-0.3, -0.25) is 0 Å². The minimum Gasteiger partial charge on any atom is -0.382 e. The van der Waals surface area contributed by atoms with E-state index in [1.165, 1.54) is 5.56 Å². The second kappa shape index (κ2) is 5.58. The van der Waals surface area contributed by atoms with Gasteiger partial charge >= 0.3 is 0 Å². The first kappa shape index (κ1) is 12.5. The summed E-state index contributed by atoms with van der Waals surface area (Å²) >= 11 is 0.